The fourth-order valence-corrected chi connectivity index (χ4v) is 1.91. The molecular formula is C10H9BrF2N2O. The lowest BCUT2D eigenvalue weighted by Gasteiger charge is -2.27. The second-order valence-corrected chi connectivity index (χ2v) is 4.31. The maximum Gasteiger partial charge on any atom is 0.321 e. The van der Waals surface area contributed by atoms with Crippen LogP contribution >= 0.6 is 15.9 Å². The van der Waals surface area contributed by atoms with E-state index >= 15 is 0 Å². The van der Waals surface area contributed by atoms with Gasteiger partial charge in [0.25, 0.3) is 0 Å². The van der Waals surface area contributed by atoms with Crippen molar-refractivity contribution >= 4 is 27.6 Å². The molecule has 0 spiro atoms. The van der Waals surface area contributed by atoms with E-state index in [4.69, 9.17) is 0 Å². The number of nitrogens with zero attached hydrogens (tertiary/aromatic N) is 1. The summed E-state index contributed by atoms with van der Waals surface area (Å²) < 4.78 is 26.7. The second-order valence-electron chi connectivity index (χ2n) is 3.45. The Hall–Kier alpha value is -1.17. The highest BCUT2D eigenvalue weighted by Crippen LogP contribution is 2.27. The second kappa shape index (κ2) is 4.37. The fourth-order valence-electron chi connectivity index (χ4n) is 1.58. The predicted molar refractivity (Wildman–Crippen MR) is 59.4 cm³/mol. The van der Waals surface area contributed by atoms with Crippen molar-refractivity contribution in [3.63, 3.8) is 0 Å². The molecule has 2 rings (SSSR count). The number of amides is 2. The van der Waals surface area contributed by atoms with Crippen LogP contribution in [0.3, 0.4) is 0 Å². The van der Waals surface area contributed by atoms with Crippen molar-refractivity contribution in [1.29, 1.82) is 0 Å². The van der Waals surface area contributed by atoms with Crippen molar-refractivity contribution in [1.82, 2.24) is 5.32 Å². The summed E-state index contributed by atoms with van der Waals surface area (Å²) in [6, 6.07) is 1.68. The van der Waals surface area contributed by atoms with Crippen LogP contribution in [0.2, 0.25) is 0 Å². The van der Waals surface area contributed by atoms with Crippen molar-refractivity contribution in [3.8, 4) is 0 Å². The molecule has 0 bridgehead atoms. The Bertz CT molecular complexity index is 439. The molecule has 2 amide bonds. The van der Waals surface area contributed by atoms with Crippen LogP contribution in [0.1, 0.15) is 6.42 Å². The molecule has 0 saturated carbocycles. The lowest BCUT2D eigenvalue weighted by atomic mass is 10.2. The van der Waals surface area contributed by atoms with Gasteiger partial charge in [-0.05, 0) is 28.4 Å². The monoisotopic (exact) mass is 290 g/mol. The molecule has 1 aliphatic rings. The zero-order valence-corrected chi connectivity index (χ0v) is 9.85. The van der Waals surface area contributed by atoms with Crippen molar-refractivity contribution in [3.05, 3.63) is 28.2 Å². The van der Waals surface area contributed by atoms with Crippen LogP contribution in [0.5, 0.6) is 0 Å². The first kappa shape index (κ1) is 11.3. The molecule has 16 heavy (non-hydrogen) atoms. The van der Waals surface area contributed by atoms with Crippen LogP contribution < -0.4 is 10.2 Å². The third-order valence-corrected chi connectivity index (χ3v) is 2.97. The highest BCUT2D eigenvalue weighted by molar-refractivity contribution is 9.10. The summed E-state index contributed by atoms with van der Waals surface area (Å²) in [6.45, 7) is 1.01. The van der Waals surface area contributed by atoms with Crippen molar-refractivity contribution in [2.45, 2.75) is 6.42 Å². The molecule has 1 aliphatic heterocycles. The zero-order valence-electron chi connectivity index (χ0n) is 8.27. The van der Waals surface area contributed by atoms with Crippen LogP contribution in [0, 0.1) is 11.6 Å². The number of nitrogens with one attached hydrogen (secondary N) is 1. The van der Waals surface area contributed by atoms with Gasteiger partial charge in [0.05, 0.1) is 10.2 Å². The quantitative estimate of drug-likeness (QED) is 0.793. The standard InChI is InChI=1S/C10H9BrF2N2O/c11-6-4-9(8(13)5-7(6)12)15-3-1-2-14-10(15)16/h4-5H,1-3H2,(H,14,16). The molecule has 1 N–H and O–H groups in total. The maximum atomic E-state index is 13.5. The van der Waals surface area contributed by atoms with Gasteiger partial charge >= 0.3 is 6.03 Å². The predicted octanol–water partition coefficient (Wildman–Crippen LogP) is 2.65. The molecule has 1 saturated heterocycles. The molecule has 6 heteroatoms. The van der Waals surface area contributed by atoms with Crippen molar-refractivity contribution in [2.75, 3.05) is 18.0 Å². The van der Waals surface area contributed by atoms with Gasteiger partial charge in [-0.25, -0.2) is 13.6 Å². The summed E-state index contributed by atoms with van der Waals surface area (Å²) in [5.74, 6) is -1.42. The van der Waals surface area contributed by atoms with Crippen LogP contribution in [-0.4, -0.2) is 19.1 Å². The van der Waals surface area contributed by atoms with E-state index in [1.807, 2.05) is 0 Å². The van der Waals surface area contributed by atoms with E-state index in [0.29, 0.717) is 13.1 Å². The normalized spacial score (nSPS) is 16.2. The van der Waals surface area contributed by atoms with Crippen LogP contribution in [0.15, 0.2) is 16.6 Å². The minimum Gasteiger partial charge on any atom is -0.338 e. The van der Waals surface area contributed by atoms with Crippen LogP contribution in [0.4, 0.5) is 19.3 Å². The molecule has 1 fully saturated rings. The van der Waals surface area contributed by atoms with Gasteiger partial charge in [-0.3, -0.25) is 4.90 Å². The van der Waals surface area contributed by atoms with Gasteiger partial charge in [0.1, 0.15) is 11.6 Å². The van der Waals surface area contributed by atoms with Gasteiger partial charge in [0.2, 0.25) is 0 Å². The molecule has 0 atom stereocenters. The molecule has 0 unspecified atom stereocenters. The van der Waals surface area contributed by atoms with E-state index in [-0.39, 0.29) is 16.2 Å². The summed E-state index contributed by atoms with van der Waals surface area (Å²) >= 11 is 2.97. The molecule has 1 aromatic rings. The Kier molecular flexibility index (Phi) is 3.09. The smallest absolute Gasteiger partial charge is 0.321 e. The van der Waals surface area contributed by atoms with Crippen LogP contribution in [0.25, 0.3) is 0 Å². The van der Waals surface area contributed by atoms with Gasteiger partial charge in [-0.2, -0.15) is 0 Å². The van der Waals surface area contributed by atoms with E-state index in [1.54, 1.807) is 0 Å². The minimum atomic E-state index is -0.738. The average Bonchev–Trinajstić information content (AvgIpc) is 2.25. The van der Waals surface area contributed by atoms with E-state index < -0.39 is 11.6 Å². The number of rotatable bonds is 1. The highest BCUT2D eigenvalue weighted by Gasteiger charge is 2.23. The van der Waals surface area contributed by atoms with E-state index in [9.17, 15) is 13.6 Å². The number of hydrogen-bond acceptors (Lipinski definition) is 1. The van der Waals surface area contributed by atoms with Gasteiger partial charge in [0.15, 0.2) is 0 Å². The fraction of sp³-hybridized carbons (Fsp3) is 0.300. The Morgan fingerprint density at radius 2 is 2.06 bits per heavy atom. The van der Waals surface area contributed by atoms with Gasteiger partial charge in [-0.15, -0.1) is 0 Å². The summed E-state index contributed by atoms with van der Waals surface area (Å²) in [7, 11) is 0. The molecular weight excluding hydrogens is 282 g/mol. The third-order valence-electron chi connectivity index (χ3n) is 2.36. The van der Waals surface area contributed by atoms with Gasteiger partial charge in [0, 0.05) is 19.2 Å². The number of hydrogen-bond donors (Lipinski definition) is 1. The number of carbonyl (C=O) groups is 1. The number of carbonyl (C=O) groups excluding carboxylic acids is 1. The lowest BCUT2D eigenvalue weighted by Crippen LogP contribution is -2.46. The zero-order chi connectivity index (χ0) is 11.7. The molecule has 1 heterocycles. The first-order chi connectivity index (χ1) is 7.59. The summed E-state index contributed by atoms with van der Waals surface area (Å²) in [5, 5.41) is 2.60. The molecule has 0 aromatic heterocycles. The Labute approximate surface area is 99.6 Å². The van der Waals surface area contributed by atoms with E-state index in [1.165, 1.54) is 11.0 Å². The average molecular weight is 291 g/mol. The number of urea groups is 1. The number of halogens is 3. The number of anilines is 1. The Morgan fingerprint density at radius 3 is 2.75 bits per heavy atom. The summed E-state index contributed by atoms with van der Waals surface area (Å²) in [5.41, 5.74) is 0.0884. The first-order valence-electron chi connectivity index (χ1n) is 4.79. The molecule has 1 aromatic carbocycles. The largest absolute Gasteiger partial charge is 0.338 e. The van der Waals surface area contributed by atoms with Gasteiger partial charge in [-0.1, -0.05) is 0 Å². The molecule has 0 radical (unpaired) electrons. The lowest BCUT2D eigenvalue weighted by molar-refractivity contribution is 0.242. The minimum absolute atomic E-state index is 0.0884. The number of benzene rings is 1. The summed E-state index contributed by atoms with van der Waals surface area (Å²) in [6.07, 6.45) is 0.736. The van der Waals surface area contributed by atoms with Crippen molar-refractivity contribution < 1.29 is 13.6 Å². The highest BCUT2D eigenvalue weighted by atomic mass is 79.9. The van der Waals surface area contributed by atoms with E-state index in [2.05, 4.69) is 21.2 Å². The van der Waals surface area contributed by atoms with E-state index in [0.717, 1.165) is 12.5 Å². The summed E-state index contributed by atoms with van der Waals surface area (Å²) in [4.78, 5) is 12.7. The SMILES string of the molecule is O=C1NCCCN1c1cc(Br)c(F)cc1F. The Morgan fingerprint density at radius 1 is 1.31 bits per heavy atom. The van der Waals surface area contributed by atoms with Gasteiger partial charge < -0.3 is 5.32 Å². The van der Waals surface area contributed by atoms with Crippen molar-refractivity contribution in [2.24, 2.45) is 0 Å². The maximum absolute atomic E-state index is 13.5. The third kappa shape index (κ3) is 2.02. The topological polar surface area (TPSA) is 32.3 Å². The Balaban J connectivity index is 2.39. The molecule has 86 valence electrons. The van der Waals surface area contributed by atoms with Crippen LogP contribution in [-0.2, 0) is 0 Å². The molecule has 0 aliphatic carbocycles. The first-order valence-corrected chi connectivity index (χ1v) is 5.59. The molecule has 3 nitrogen and oxygen atoms in total.